The fourth-order valence-corrected chi connectivity index (χ4v) is 7.15. The number of aromatic amines is 1. The zero-order chi connectivity index (χ0) is 28.3. The van der Waals surface area contributed by atoms with Crippen LogP contribution < -0.4 is 5.32 Å². The SMILES string of the molecule is CCCCCCCCCC(CCCCCCC)C1(NC=O)CCC(c2nc3c(Cl)c(C(C)(C)C)[nH]n3n2)CC1. The molecule has 0 aromatic carbocycles. The Bertz CT molecular complexity index is 983. The average Bonchev–Trinajstić information content (AvgIpc) is 3.46. The van der Waals surface area contributed by atoms with Gasteiger partial charge in [-0.15, -0.1) is 5.10 Å². The lowest BCUT2D eigenvalue weighted by Crippen LogP contribution is -2.53. The van der Waals surface area contributed by atoms with Gasteiger partial charge in [0.2, 0.25) is 6.41 Å². The van der Waals surface area contributed by atoms with E-state index in [4.69, 9.17) is 21.7 Å². The molecular weight excluding hydrogens is 506 g/mol. The fraction of sp³-hybridized carbons (Fsp3) is 0.844. The first kappa shape index (κ1) is 32.0. The van der Waals surface area contributed by atoms with Gasteiger partial charge in [0.15, 0.2) is 11.5 Å². The summed E-state index contributed by atoms with van der Waals surface area (Å²) in [5, 5.41) is 12.2. The van der Waals surface area contributed by atoms with Crippen molar-refractivity contribution in [3.63, 3.8) is 0 Å². The van der Waals surface area contributed by atoms with E-state index in [1.807, 2.05) is 0 Å². The second-order valence-electron chi connectivity index (χ2n) is 13.3. The monoisotopic (exact) mass is 561 g/mol. The molecule has 0 saturated heterocycles. The third kappa shape index (κ3) is 8.71. The van der Waals surface area contributed by atoms with E-state index in [1.54, 1.807) is 4.63 Å². The summed E-state index contributed by atoms with van der Waals surface area (Å²) in [6.07, 6.45) is 23.3. The van der Waals surface area contributed by atoms with Gasteiger partial charge in [-0.05, 0) is 44.4 Å². The number of unbranched alkanes of at least 4 members (excludes halogenated alkanes) is 10. The Morgan fingerprint density at radius 2 is 1.51 bits per heavy atom. The number of carbonyl (C=O) groups is 1. The molecule has 0 radical (unpaired) electrons. The van der Waals surface area contributed by atoms with Gasteiger partial charge in [0, 0.05) is 16.9 Å². The van der Waals surface area contributed by atoms with E-state index < -0.39 is 0 Å². The van der Waals surface area contributed by atoms with Crippen molar-refractivity contribution >= 4 is 23.7 Å². The zero-order valence-corrected chi connectivity index (χ0v) is 26.3. The van der Waals surface area contributed by atoms with E-state index in [2.05, 4.69) is 45.0 Å². The Kier molecular flexibility index (Phi) is 12.7. The molecule has 2 aromatic heterocycles. The maximum atomic E-state index is 11.9. The van der Waals surface area contributed by atoms with Crippen LogP contribution >= 0.6 is 11.6 Å². The molecule has 0 aliphatic heterocycles. The molecule has 6 nitrogen and oxygen atoms in total. The van der Waals surface area contributed by atoms with Crippen LogP contribution in [0.4, 0.5) is 0 Å². The molecule has 1 amide bonds. The van der Waals surface area contributed by atoms with Crippen LogP contribution in [-0.4, -0.2) is 31.8 Å². The third-order valence-electron chi connectivity index (χ3n) is 9.19. The highest BCUT2D eigenvalue weighted by atomic mass is 35.5. The number of carbonyl (C=O) groups excluding carboxylic acids is 1. The minimum Gasteiger partial charge on any atom is -0.353 e. The van der Waals surface area contributed by atoms with Crippen LogP contribution in [0.1, 0.15) is 168 Å². The topological polar surface area (TPSA) is 75.1 Å². The molecular formula is C32H56ClN5O. The summed E-state index contributed by atoms with van der Waals surface area (Å²) in [6, 6.07) is 0. The number of nitrogens with one attached hydrogen (secondary N) is 2. The predicted molar refractivity (Wildman–Crippen MR) is 164 cm³/mol. The first-order chi connectivity index (χ1) is 18.8. The first-order valence-electron chi connectivity index (χ1n) is 16.1. The Labute approximate surface area is 242 Å². The van der Waals surface area contributed by atoms with Crippen LogP contribution in [0.25, 0.3) is 5.65 Å². The Balaban J connectivity index is 1.65. The molecule has 1 saturated carbocycles. The third-order valence-corrected chi connectivity index (χ3v) is 9.55. The summed E-state index contributed by atoms with van der Waals surface area (Å²) in [6.45, 7) is 11.0. The molecule has 1 atom stereocenters. The van der Waals surface area contributed by atoms with Crippen LogP contribution in [0.2, 0.25) is 5.02 Å². The molecule has 39 heavy (non-hydrogen) atoms. The number of hydrogen-bond acceptors (Lipinski definition) is 3. The van der Waals surface area contributed by atoms with Gasteiger partial charge >= 0.3 is 0 Å². The normalized spacial score (nSPS) is 20.9. The van der Waals surface area contributed by atoms with Crippen molar-refractivity contribution in [1.29, 1.82) is 0 Å². The number of amides is 1. The molecule has 2 heterocycles. The first-order valence-corrected chi connectivity index (χ1v) is 16.5. The lowest BCUT2D eigenvalue weighted by molar-refractivity contribution is -0.112. The van der Waals surface area contributed by atoms with Gasteiger partial charge in [-0.25, -0.2) is 4.98 Å². The minimum absolute atomic E-state index is 0.0916. The van der Waals surface area contributed by atoms with Crippen LogP contribution in [0, 0.1) is 5.92 Å². The maximum Gasteiger partial charge on any atom is 0.207 e. The van der Waals surface area contributed by atoms with Crippen molar-refractivity contribution in [3.05, 3.63) is 16.5 Å². The highest BCUT2D eigenvalue weighted by Gasteiger charge is 2.42. The largest absolute Gasteiger partial charge is 0.353 e. The molecule has 222 valence electrons. The van der Waals surface area contributed by atoms with E-state index >= 15 is 0 Å². The molecule has 1 unspecified atom stereocenters. The molecule has 0 bridgehead atoms. The lowest BCUT2D eigenvalue weighted by Gasteiger charge is -2.45. The summed E-state index contributed by atoms with van der Waals surface area (Å²) >= 11 is 6.69. The van der Waals surface area contributed by atoms with Gasteiger partial charge in [-0.1, -0.05) is 123 Å². The van der Waals surface area contributed by atoms with Gasteiger partial charge in [-0.2, -0.15) is 4.63 Å². The Morgan fingerprint density at radius 3 is 2.00 bits per heavy atom. The van der Waals surface area contributed by atoms with Crippen LogP contribution in [0.15, 0.2) is 0 Å². The number of fused-ring (bicyclic) bond motifs is 1. The average molecular weight is 562 g/mol. The zero-order valence-electron chi connectivity index (χ0n) is 25.6. The van der Waals surface area contributed by atoms with Crippen LogP contribution in [-0.2, 0) is 10.2 Å². The van der Waals surface area contributed by atoms with Crippen molar-refractivity contribution in [2.75, 3.05) is 0 Å². The highest BCUT2D eigenvalue weighted by molar-refractivity contribution is 6.34. The van der Waals surface area contributed by atoms with Crippen molar-refractivity contribution in [2.24, 2.45) is 5.92 Å². The molecule has 1 fully saturated rings. The number of nitrogens with zero attached hydrogens (tertiary/aromatic N) is 3. The molecule has 2 N–H and O–H groups in total. The number of H-pyrrole nitrogens is 1. The summed E-state index contributed by atoms with van der Waals surface area (Å²) in [5.41, 5.74) is 1.51. The number of hydrogen-bond donors (Lipinski definition) is 2. The summed E-state index contributed by atoms with van der Waals surface area (Å²) in [5.74, 6) is 1.73. The number of aromatic nitrogens is 4. The van der Waals surface area contributed by atoms with E-state index in [-0.39, 0.29) is 11.0 Å². The van der Waals surface area contributed by atoms with Gasteiger partial charge in [0.25, 0.3) is 0 Å². The van der Waals surface area contributed by atoms with Gasteiger partial charge in [-0.3, -0.25) is 9.89 Å². The second-order valence-corrected chi connectivity index (χ2v) is 13.6. The van der Waals surface area contributed by atoms with E-state index in [0.717, 1.165) is 49.3 Å². The summed E-state index contributed by atoms with van der Waals surface area (Å²) < 4.78 is 1.75. The highest BCUT2D eigenvalue weighted by Crippen LogP contribution is 2.44. The summed E-state index contributed by atoms with van der Waals surface area (Å²) in [4.78, 5) is 16.8. The van der Waals surface area contributed by atoms with Crippen LogP contribution in [0.3, 0.4) is 0 Å². The minimum atomic E-state index is -0.0944. The van der Waals surface area contributed by atoms with Gasteiger partial charge in [0.05, 0.1) is 5.69 Å². The van der Waals surface area contributed by atoms with Crippen molar-refractivity contribution in [3.8, 4) is 0 Å². The quantitative estimate of drug-likeness (QED) is 0.141. The Morgan fingerprint density at radius 1 is 0.974 bits per heavy atom. The lowest BCUT2D eigenvalue weighted by atomic mass is 9.66. The van der Waals surface area contributed by atoms with Crippen molar-refractivity contribution in [2.45, 2.75) is 167 Å². The van der Waals surface area contributed by atoms with E-state index in [1.165, 1.54) is 89.9 Å². The molecule has 2 aromatic rings. The van der Waals surface area contributed by atoms with Gasteiger partial charge in [0.1, 0.15) is 5.02 Å². The summed E-state index contributed by atoms with van der Waals surface area (Å²) in [7, 11) is 0. The number of halogens is 1. The fourth-order valence-electron chi connectivity index (χ4n) is 6.70. The van der Waals surface area contributed by atoms with Gasteiger partial charge < -0.3 is 5.32 Å². The second kappa shape index (κ2) is 15.4. The maximum absolute atomic E-state index is 11.9. The van der Waals surface area contributed by atoms with E-state index in [0.29, 0.717) is 16.9 Å². The van der Waals surface area contributed by atoms with Crippen molar-refractivity contribution < 1.29 is 4.79 Å². The predicted octanol–water partition coefficient (Wildman–Crippen LogP) is 9.27. The molecule has 7 heteroatoms. The number of rotatable bonds is 18. The van der Waals surface area contributed by atoms with Crippen molar-refractivity contribution in [1.82, 2.24) is 25.1 Å². The molecule has 1 aliphatic carbocycles. The molecule has 1 aliphatic rings. The van der Waals surface area contributed by atoms with Crippen LogP contribution in [0.5, 0.6) is 0 Å². The Hall–Kier alpha value is -1.56. The smallest absolute Gasteiger partial charge is 0.207 e. The van der Waals surface area contributed by atoms with E-state index in [9.17, 15) is 4.79 Å². The molecule has 3 rings (SSSR count). The standard InChI is InChI=1S/C32H56ClN5O/c1-6-8-10-12-13-15-17-19-26(18-16-14-11-9-7-2)32(34-24-39)22-20-25(21-23-32)29-35-30-27(33)28(31(3,4)5)36-38(30)37-29/h24-26,36H,6-23H2,1-5H3,(H,34,39). The molecule has 0 spiro atoms.